The van der Waals surface area contributed by atoms with Crippen LogP contribution in [0.15, 0.2) is 12.1 Å². The van der Waals surface area contributed by atoms with Gasteiger partial charge in [-0.3, -0.25) is 0 Å². The van der Waals surface area contributed by atoms with Crippen LogP contribution in [0.3, 0.4) is 0 Å². The van der Waals surface area contributed by atoms with Crippen LogP contribution in [0.4, 0.5) is 0 Å². The SMILES string of the molecule is COc1cc(Cl)c(C(N)C2CCS(=O)(=O)C2)cc1OC. The minimum atomic E-state index is -2.97. The average molecular weight is 320 g/mol. The summed E-state index contributed by atoms with van der Waals surface area (Å²) < 4.78 is 33.5. The van der Waals surface area contributed by atoms with Crippen LogP contribution in [-0.4, -0.2) is 34.1 Å². The van der Waals surface area contributed by atoms with E-state index in [0.29, 0.717) is 28.5 Å². The maximum absolute atomic E-state index is 11.6. The smallest absolute Gasteiger partial charge is 0.162 e. The lowest BCUT2D eigenvalue weighted by Crippen LogP contribution is -2.23. The summed E-state index contributed by atoms with van der Waals surface area (Å²) in [4.78, 5) is 0. The summed E-state index contributed by atoms with van der Waals surface area (Å²) in [5.41, 5.74) is 6.88. The van der Waals surface area contributed by atoms with Crippen molar-refractivity contribution >= 4 is 21.4 Å². The summed E-state index contributed by atoms with van der Waals surface area (Å²) in [5.74, 6) is 1.24. The molecular formula is C13H18ClNO4S. The molecule has 1 heterocycles. The van der Waals surface area contributed by atoms with Crippen molar-refractivity contribution in [1.29, 1.82) is 0 Å². The predicted molar refractivity (Wildman–Crippen MR) is 78.2 cm³/mol. The molecular weight excluding hydrogens is 302 g/mol. The lowest BCUT2D eigenvalue weighted by atomic mass is 9.93. The van der Waals surface area contributed by atoms with Gasteiger partial charge in [0.05, 0.1) is 25.7 Å². The van der Waals surface area contributed by atoms with Crippen LogP contribution in [0.1, 0.15) is 18.0 Å². The first-order valence-electron chi connectivity index (χ1n) is 6.25. The molecule has 1 saturated heterocycles. The van der Waals surface area contributed by atoms with Crippen molar-refractivity contribution < 1.29 is 17.9 Å². The van der Waals surface area contributed by atoms with Gasteiger partial charge in [0.15, 0.2) is 21.3 Å². The first-order chi connectivity index (χ1) is 9.38. The molecule has 1 aliphatic heterocycles. The zero-order chi connectivity index (χ0) is 14.9. The van der Waals surface area contributed by atoms with Crippen molar-refractivity contribution in [3.63, 3.8) is 0 Å². The van der Waals surface area contributed by atoms with E-state index in [0.717, 1.165) is 0 Å². The number of benzene rings is 1. The molecule has 0 radical (unpaired) electrons. The first kappa shape index (κ1) is 15.4. The normalized spacial score (nSPS) is 22.5. The molecule has 5 nitrogen and oxygen atoms in total. The third-order valence-corrected chi connectivity index (χ3v) is 5.76. The standard InChI is InChI=1S/C13H18ClNO4S/c1-18-11-5-9(10(14)6-12(11)19-2)13(15)8-3-4-20(16,17)7-8/h5-6,8,13H,3-4,7,15H2,1-2H3. The minimum Gasteiger partial charge on any atom is -0.493 e. The molecule has 1 fully saturated rings. The van der Waals surface area contributed by atoms with Gasteiger partial charge >= 0.3 is 0 Å². The first-order valence-corrected chi connectivity index (χ1v) is 8.45. The molecule has 7 heteroatoms. The van der Waals surface area contributed by atoms with E-state index < -0.39 is 15.9 Å². The molecule has 0 amide bonds. The lowest BCUT2D eigenvalue weighted by Gasteiger charge is -2.21. The number of rotatable bonds is 4. The third-order valence-electron chi connectivity index (χ3n) is 3.64. The zero-order valence-corrected chi connectivity index (χ0v) is 13.0. The molecule has 2 atom stereocenters. The second-order valence-electron chi connectivity index (χ2n) is 4.92. The Morgan fingerprint density at radius 3 is 2.40 bits per heavy atom. The van der Waals surface area contributed by atoms with Crippen molar-refractivity contribution in [1.82, 2.24) is 0 Å². The highest BCUT2D eigenvalue weighted by Gasteiger charge is 2.33. The van der Waals surface area contributed by atoms with Crippen molar-refractivity contribution in [3.8, 4) is 11.5 Å². The van der Waals surface area contributed by atoms with Gasteiger partial charge in [0.25, 0.3) is 0 Å². The molecule has 1 aromatic carbocycles. The van der Waals surface area contributed by atoms with Gasteiger partial charge in [-0.15, -0.1) is 0 Å². The topological polar surface area (TPSA) is 78.6 Å². The molecule has 0 bridgehead atoms. The molecule has 2 N–H and O–H groups in total. The minimum absolute atomic E-state index is 0.110. The maximum Gasteiger partial charge on any atom is 0.162 e. The molecule has 0 aliphatic carbocycles. The Morgan fingerprint density at radius 1 is 1.30 bits per heavy atom. The van der Waals surface area contributed by atoms with Crippen LogP contribution in [0.25, 0.3) is 0 Å². The quantitative estimate of drug-likeness (QED) is 0.915. The molecule has 20 heavy (non-hydrogen) atoms. The maximum atomic E-state index is 11.6. The number of hydrogen-bond acceptors (Lipinski definition) is 5. The summed E-state index contributed by atoms with van der Waals surface area (Å²) in [6.45, 7) is 0. The Hall–Kier alpha value is -0.980. The Bertz CT molecular complexity index is 603. The van der Waals surface area contributed by atoms with Crippen LogP contribution in [-0.2, 0) is 9.84 Å². The van der Waals surface area contributed by atoms with E-state index in [4.69, 9.17) is 26.8 Å². The van der Waals surface area contributed by atoms with Gasteiger partial charge in [-0.1, -0.05) is 11.6 Å². The average Bonchev–Trinajstić information content (AvgIpc) is 2.78. The van der Waals surface area contributed by atoms with Crippen LogP contribution in [0, 0.1) is 5.92 Å². The Labute approximate surface area is 123 Å². The van der Waals surface area contributed by atoms with E-state index in [9.17, 15) is 8.42 Å². The van der Waals surface area contributed by atoms with Crippen molar-refractivity contribution in [2.75, 3.05) is 25.7 Å². The van der Waals surface area contributed by atoms with Gasteiger partial charge in [-0.05, 0) is 24.0 Å². The second kappa shape index (κ2) is 5.79. The molecule has 0 spiro atoms. The summed E-state index contributed by atoms with van der Waals surface area (Å²) in [7, 11) is 0.0851. The van der Waals surface area contributed by atoms with Gasteiger partial charge in [0.2, 0.25) is 0 Å². The summed E-state index contributed by atoms with van der Waals surface area (Å²) in [5, 5.41) is 0.458. The highest BCUT2D eigenvalue weighted by Crippen LogP contribution is 2.39. The second-order valence-corrected chi connectivity index (χ2v) is 7.55. The van der Waals surface area contributed by atoms with Crippen LogP contribution in [0.2, 0.25) is 5.02 Å². The molecule has 112 valence electrons. The molecule has 1 aromatic rings. The molecule has 0 aromatic heterocycles. The van der Waals surface area contributed by atoms with E-state index in [1.807, 2.05) is 0 Å². The number of methoxy groups -OCH3 is 2. The van der Waals surface area contributed by atoms with Gasteiger partial charge in [0, 0.05) is 17.1 Å². The Kier molecular flexibility index (Phi) is 4.46. The fourth-order valence-electron chi connectivity index (χ4n) is 2.49. The number of ether oxygens (including phenoxy) is 2. The largest absolute Gasteiger partial charge is 0.493 e. The zero-order valence-electron chi connectivity index (χ0n) is 11.4. The Morgan fingerprint density at radius 2 is 1.90 bits per heavy atom. The fraction of sp³-hybridized carbons (Fsp3) is 0.538. The molecule has 2 unspecified atom stereocenters. The van der Waals surface area contributed by atoms with E-state index in [-0.39, 0.29) is 17.4 Å². The van der Waals surface area contributed by atoms with Crippen molar-refractivity contribution in [2.24, 2.45) is 11.7 Å². The predicted octanol–water partition coefficient (Wildman–Crippen LogP) is 1.79. The van der Waals surface area contributed by atoms with Crippen LogP contribution < -0.4 is 15.2 Å². The van der Waals surface area contributed by atoms with Crippen LogP contribution in [0.5, 0.6) is 11.5 Å². The molecule has 1 aliphatic rings. The number of hydrogen-bond donors (Lipinski definition) is 1. The van der Waals surface area contributed by atoms with Crippen molar-refractivity contribution in [2.45, 2.75) is 12.5 Å². The highest BCUT2D eigenvalue weighted by molar-refractivity contribution is 7.91. The number of halogens is 1. The number of nitrogens with two attached hydrogens (primary N) is 1. The summed E-state index contributed by atoms with van der Waals surface area (Å²) in [6.07, 6.45) is 0.564. The Balaban J connectivity index is 2.33. The molecule has 0 saturated carbocycles. The van der Waals surface area contributed by atoms with Crippen LogP contribution >= 0.6 is 11.6 Å². The summed E-state index contributed by atoms with van der Waals surface area (Å²) >= 11 is 6.22. The molecule has 2 rings (SSSR count). The monoisotopic (exact) mass is 319 g/mol. The lowest BCUT2D eigenvalue weighted by molar-refractivity contribution is 0.353. The van der Waals surface area contributed by atoms with Gasteiger partial charge in [0.1, 0.15) is 0 Å². The van der Waals surface area contributed by atoms with Gasteiger partial charge in [-0.25, -0.2) is 8.42 Å². The van der Waals surface area contributed by atoms with Gasteiger partial charge in [-0.2, -0.15) is 0 Å². The van der Waals surface area contributed by atoms with Crippen molar-refractivity contribution in [3.05, 3.63) is 22.7 Å². The van der Waals surface area contributed by atoms with E-state index in [1.165, 1.54) is 14.2 Å². The highest BCUT2D eigenvalue weighted by atomic mass is 35.5. The fourth-order valence-corrected chi connectivity index (χ4v) is 4.62. The number of sulfone groups is 1. The van der Waals surface area contributed by atoms with E-state index >= 15 is 0 Å². The summed E-state index contributed by atoms with van der Waals surface area (Å²) in [6, 6.07) is 2.93. The third kappa shape index (κ3) is 3.02. The van der Waals surface area contributed by atoms with Gasteiger partial charge < -0.3 is 15.2 Å². The van der Waals surface area contributed by atoms with E-state index in [1.54, 1.807) is 12.1 Å². The van der Waals surface area contributed by atoms with E-state index in [2.05, 4.69) is 0 Å².